The van der Waals surface area contributed by atoms with Crippen LogP contribution in [0.15, 0.2) is 46.9 Å². The zero-order valence-electron chi connectivity index (χ0n) is 20.8. The molecule has 0 aliphatic rings. The third-order valence-electron chi connectivity index (χ3n) is 5.47. The van der Waals surface area contributed by atoms with Gasteiger partial charge >= 0.3 is 6.09 Å². The summed E-state index contributed by atoms with van der Waals surface area (Å²) < 4.78 is 17.1. The molecule has 0 saturated carbocycles. The average molecular weight is 469 g/mol. The van der Waals surface area contributed by atoms with Crippen LogP contribution in [0.2, 0.25) is 0 Å². The number of carbonyl (C=O) groups excluding carboxylic acids is 1. The molecular formula is C27H36N2O5. The van der Waals surface area contributed by atoms with Crippen molar-refractivity contribution in [1.82, 2.24) is 10.3 Å². The Kier molecular flexibility index (Phi) is 8.20. The van der Waals surface area contributed by atoms with Crippen LogP contribution in [0.25, 0.3) is 22.6 Å². The molecule has 0 aliphatic heterocycles. The summed E-state index contributed by atoms with van der Waals surface area (Å²) in [5, 5.41) is 12.8. The van der Waals surface area contributed by atoms with Gasteiger partial charge in [0.25, 0.3) is 0 Å². The number of alkyl carbamates (subject to hydrolysis) is 1. The predicted molar refractivity (Wildman–Crippen MR) is 133 cm³/mol. The summed E-state index contributed by atoms with van der Waals surface area (Å²) in [6.07, 6.45) is 2.68. The van der Waals surface area contributed by atoms with Gasteiger partial charge < -0.3 is 24.3 Å². The Morgan fingerprint density at radius 2 is 1.85 bits per heavy atom. The zero-order valence-corrected chi connectivity index (χ0v) is 20.8. The number of carbonyl (C=O) groups is 1. The van der Waals surface area contributed by atoms with Crippen molar-refractivity contribution in [3.05, 3.63) is 48.0 Å². The van der Waals surface area contributed by atoms with Crippen LogP contribution in [-0.2, 0) is 11.2 Å². The molecule has 1 aromatic heterocycles. The number of aryl methyl sites for hydroxylation is 1. The van der Waals surface area contributed by atoms with Crippen LogP contribution in [0.4, 0.5) is 4.79 Å². The van der Waals surface area contributed by atoms with Crippen molar-refractivity contribution >= 4 is 17.2 Å². The number of nitrogens with zero attached hydrogens (tertiary/aromatic N) is 1. The summed E-state index contributed by atoms with van der Waals surface area (Å²) in [6, 6.07) is 13.5. The number of benzene rings is 2. The van der Waals surface area contributed by atoms with Gasteiger partial charge in [-0.2, -0.15) is 0 Å². The van der Waals surface area contributed by atoms with E-state index in [0.29, 0.717) is 30.9 Å². The summed E-state index contributed by atoms with van der Waals surface area (Å²) >= 11 is 0. The Balaban J connectivity index is 1.72. The van der Waals surface area contributed by atoms with E-state index in [4.69, 9.17) is 18.9 Å². The molecule has 1 heterocycles. The Bertz CT molecular complexity index is 1080. The van der Waals surface area contributed by atoms with E-state index >= 15 is 0 Å². The molecule has 1 atom stereocenters. The number of fused-ring (bicyclic) bond motifs is 1. The lowest BCUT2D eigenvalue weighted by molar-refractivity contribution is 0.0407. The standard InChI is InChI=1S/C27H36N2O5/c1-6-7-17-32-21-13-11-20(12-14-21)24-28-23-19(9-8-10-22(23)33-24)15-16-27(5,18-30)29-25(31)34-26(2,3)4/h8-14,30H,6-7,15-18H2,1-5H3,(H,29,31)/t27-/m1/s1. The second kappa shape index (κ2) is 10.9. The van der Waals surface area contributed by atoms with Crippen LogP contribution in [-0.4, -0.2) is 40.5 Å². The Labute approximate surface area is 201 Å². The first-order valence-electron chi connectivity index (χ1n) is 11.9. The average Bonchev–Trinajstić information content (AvgIpc) is 3.22. The van der Waals surface area contributed by atoms with Crippen molar-refractivity contribution in [2.45, 2.75) is 71.4 Å². The van der Waals surface area contributed by atoms with Crippen molar-refractivity contribution in [2.75, 3.05) is 13.2 Å². The first-order valence-corrected chi connectivity index (χ1v) is 11.9. The molecular weight excluding hydrogens is 432 g/mol. The molecule has 2 aromatic carbocycles. The van der Waals surface area contributed by atoms with Crippen LogP contribution in [0.1, 0.15) is 59.4 Å². The van der Waals surface area contributed by atoms with Gasteiger partial charge in [-0.3, -0.25) is 0 Å². The lowest BCUT2D eigenvalue weighted by atomic mass is 9.93. The van der Waals surface area contributed by atoms with Crippen LogP contribution >= 0.6 is 0 Å². The number of oxazole rings is 1. The number of amides is 1. The summed E-state index contributed by atoms with van der Waals surface area (Å²) in [4.78, 5) is 17.0. The minimum absolute atomic E-state index is 0.209. The maximum atomic E-state index is 12.2. The molecule has 7 heteroatoms. The molecule has 0 saturated heterocycles. The van der Waals surface area contributed by atoms with Crippen molar-refractivity contribution < 1.29 is 23.8 Å². The van der Waals surface area contributed by atoms with E-state index in [2.05, 4.69) is 12.2 Å². The largest absolute Gasteiger partial charge is 0.494 e. The first-order chi connectivity index (χ1) is 16.1. The maximum absolute atomic E-state index is 12.2. The highest BCUT2D eigenvalue weighted by Crippen LogP contribution is 2.29. The molecule has 3 aromatic rings. The van der Waals surface area contributed by atoms with E-state index in [1.807, 2.05) is 42.5 Å². The molecule has 0 bridgehead atoms. The topological polar surface area (TPSA) is 93.8 Å². The summed E-state index contributed by atoms with van der Waals surface area (Å²) in [7, 11) is 0. The van der Waals surface area contributed by atoms with Gasteiger partial charge in [0, 0.05) is 5.56 Å². The fourth-order valence-corrected chi connectivity index (χ4v) is 3.50. The lowest BCUT2D eigenvalue weighted by Gasteiger charge is -2.30. The molecule has 0 unspecified atom stereocenters. The number of aliphatic hydroxyl groups excluding tert-OH is 1. The summed E-state index contributed by atoms with van der Waals surface area (Å²) in [6.45, 7) is 9.85. The molecule has 0 fully saturated rings. The van der Waals surface area contributed by atoms with Gasteiger partial charge in [0.15, 0.2) is 5.58 Å². The number of aliphatic hydroxyl groups is 1. The normalized spacial score (nSPS) is 13.5. The number of hydrogen-bond donors (Lipinski definition) is 2. The number of rotatable bonds is 10. The predicted octanol–water partition coefficient (Wildman–Crippen LogP) is 5.88. The highest BCUT2D eigenvalue weighted by Gasteiger charge is 2.28. The number of para-hydroxylation sites is 1. The number of ether oxygens (including phenoxy) is 2. The first kappa shape index (κ1) is 25.6. The van der Waals surface area contributed by atoms with Gasteiger partial charge in [-0.25, -0.2) is 9.78 Å². The van der Waals surface area contributed by atoms with Gasteiger partial charge in [-0.05, 0) is 82.9 Å². The van der Waals surface area contributed by atoms with Gasteiger partial charge in [0.2, 0.25) is 5.89 Å². The number of unbranched alkanes of at least 4 members (excludes halogenated alkanes) is 1. The zero-order chi connectivity index (χ0) is 24.8. The SMILES string of the molecule is CCCCOc1ccc(-c2nc3c(CC[C@](C)(CO)NC(=O)OC(C)(C)C)cccc3o2)cc1. The van der Waals surface area contributed by atoms with Crippen LogP contribution in [0.5, 0.6) is 5.75 Å². The van der Waals surface area contributed by atoms with E-state index in [0.717, 1.165) is 35.2 Å². The van der Waals surface area contributed by atoms with Crippen LogP contribution < -0.4 is 10.1 Å². The van der Waals surface area contributed by atoms with Crippen molar-refractivity contribution in [2.24, 2.45) is 0 Å². The smallest absolute Gasteiger partial charge is 0.408 e. The number of hydrogen-bond acceptors (Lipinski definition) is 6. The highest BCUT2D eigenvalue weighted by atomic mass is 16.6. The van der Waals surface area contributed by atoms with E-state index in [1.54, 1.807) is 27.7 Å². The lowest BCUT2D eigenvalue weighted by Crippen LogP contribution is -2.50. The second-order valence-electron chi connectivity index (χ2n) is 9.85. The minimum Gasteiger partial charge on any atom is -0.494 e. The molecule has 184 valence electrons. The molecule has 0 aliphatic carbocycles. The molecule has 0 radical (unpaired) electrons. The third-order valence-corrected chi connectivity index (χ3v) is 5.47. The number of nitrogens with one attached hydrogen (secondary N) is 1. The van der Waals surface area contributed by atoms with Crippen LogP contribution in [0.3, 0.4) is 0 Å². The van der Waals surface area contributed by atoms with Gasteiger partial charge in [0.05, 0.1) is 18.8 Å². The summed E-state index contributed by atoms with van der Waals surface area (Å²) in [5.74, 6) is 1.37. The summed E-state index contributed by atoms with van der Waals surface area (Å²) in [5.41, 5.74) is 1.89. The van der Waals surface area contributed by atoms with E-state index in [-0.39, 0.29) is 6.61 Å². The molecule has 0 spiro atoms. The molecule has 7 nitrogen and oxygen atoms in total. The van der Waals surface area contributed by atoms with E-state index in [1.165, 1.54) is 0 Å². The second-order valence-corrected chi connectivity index (χ2v) is 9.85. The molecule has 1 amide bonds. The molecule has 3 rings (SSSR count). The third kappa shape index (κ3) is 6.97. The van der Waals surface area contributed by atoms with Gasteiger partial charge in [-0.15, -0.1) is 0 Å². The number of aromatic nitrogens is 1. The molecule has 2 N–H and O–H groups in total. The van der Waals surface area contributed by atoms with Crippen molar-refractivity contribution in [1.29, 1.82) is 0 Å². The van der Waals surface area contributed by atoms with Crippen molar-refractivity contribution in [3.63, 3.8) is 0 Å². The van der Waals surface area contributed by atoms with E-state index in [9.17, 15) is 9.90 Å². The van der Waals surface area contributed by atoms with Gasteiger partial charge in [0.1, 0.15) is 16.9 Å². The fourth-order valence-electron chi connectivity index (χ4n) is 3.50. The Morgan fingerprint density at radius 1 is 1.12 bits per heavy atom. The molecule has 34 heavy (non-hydrogen) atoms. The Hall–Kier alpha value is -3.06. The van der Waals surface area contributed by atoms with Gasteiger partial charge in [-0.1, -0.05) is 25.5 Å². The fraction of sp³-hybridized carbons (Fsp3) is 0.481. The highest BCUT2D eigenvalue weighted by molar-refractivity contribution is 5.79. The van der Waals surface area contributed by atoms with Crippen molar-refractivity contribution in [3.8, 4) is 17.2 Å². The van der Waals surface area contributed by atoms with E-state index < -0.39 is 17.2 Å². The quantitative estimate of drug-likeness (QED) is 0.361. The maximum Gasteiger partial charge on any atom is 0.408 e. The van der Waals surface area contributed by atoms with Crippen LogP contribution in [0, 0.1) is 0 Å². The monoisotopic (exact) mass is 468 g/mol. The minimum atomic E-state index is -0.829. The Morgan fingerprint density at radius 3 is 2.50 bits per heavy atom.